The van der Waals surface area contributed by atoms with Crippen molar-refractivity contribution >= 4 is 0 Å². The molecule has 0 radical (unpaired) electrons. The summed E-state index contributed by atoms with van der Waals surface area (Å²) in [7, 11) is 0. The van der Waals surface area contributed by atoms with Gasteiger partial charge in [0.15, 0.2) is 18.9 Å². The molecule has 0 aromatic heterocycles. The Hall–Kier alpha value is -1.02. The van der Waals surface area contributed by atoms with Gasteiger partial charge in [-0.1, -0.05) is 46.8 Å². The summed E-state index contributed by atoms with van der Waals surface area (Å²) in [6.07, 6.45) is -17.6. The summed E-state index contributed by atoms with van der Waals surface area (Å²) in [6.45, 7) is 13.9. The van der Waals surface area contributed by atoms with Crippen molar-refractivity contribution in [1.29, 1.82) is 0 Å². The normalized spacial score (nSPS) is 52.9. The van der Waals surface area contributed by atoms with Crippen LogP contribution in [0.2, 0.25) is 0 Å². The van der Waals surface area contributed by atoms with Crippen molar-refractivity contribution in [2.75, 3.05) is 19.8 Å². The average Bonchev–Trinajstić information content (AvgIpc) is 3.63. The quantitative estimate of drug-likeness (QED) is 0.0787. The minimum absolute atomic E-state index is 0.125. The van der Waals surface area contributed by atoms with Crippen molar-refractivity contribution in [3.8, 4) is 0 Å². The minimum atomic E-state index is -1.75. The van der Waals surface area contributed by atoms with Gasteiger partial charge in [0.1, 0.15) is 67.1 Å². The number of ether oxygens (including phenoxy) is 6. The number of aliphatic hydroxyl groups excluding tert-OH is 12. The van der Waals surface area contributed by atoms with Crippen LogP contribution in [0.1, 0.15) is 100 Å². The summed E-state index contributed by atoms with van der Waals surface area (Å²) < 4.78 is 37.6. The van der Waals surface area contributed by atoms with Gasteiger partial charge in [-0.15, -0.1) is 0 Å². The summed E-state index contributed by atoms with van der Waals surface area (Å²) in [5.41, 5.74) is -5.04. The Kier molecular flexibility index (Phi) is 15.1. The molecule has 0 bridgehead atoms. The second-order valence-corrected chi connectivity index (χ2v) is 23.0. The Labute approximate surface area is 387 Å². The maximum atomic E-state index is 12.7. The van der Waals surface area contributed by atoms with Crippen LogP contribution in [-0.2, 0) is 28.4 Å². The van der Waals surface area contributed by atoms with Gasteiger partial charge in [0.05, 0.1) is 49.3 Å². The molecule has 25 atom stereocenters. The van der Waals surface area contributed by atoms with E-state index in [9.17, 15) is 66.4 Å². The highest BCUT2D eigenvalue weighted by atomic mass is 16.8. The molecule has 3 aliphatic heterocycles. The van der Waals surface area contributed by atoms with Crippen molar-refractivity contribution in [2.45, 2.75) is 216 Å². The largest absolute Gasteiger partial charge is 0.394 e. The first-order chi connectivity index (χ1) is 30.6. The SMILES string of the molecule is CC(C)(O)/C=C/CC(C)(OC1OC(CO)C(O)C(O)C1O)C1CCC2(C)C1C(O)CC1C3(C)CCC(O)C(C)(C)C3C(OC3OC(CO)C(O)C(O)C3OC3OCC(O)C(O)C3O)CC12C. The molecule has 66 heavy (non-hydrogen) atoms. The third-order valence-corrected chi connectivity index (χ3v) is 18.2. The predicted molar refractivity (Wildman–Crippen MR) is 230 cm³/mol. The average molecular weight is 949 g/mol. The lowest BCUT2D eigenvalue weighted by molar-refractivity contribution is -0.377. The Balaban J connectivity index is 1.27. The molecule has 25 unspecified atom stereocenters. The van der Waals surface area contributed by atoms with Crippen LogP contribution in [0.15, 0.2) is 12.2 Å². The van der Waals surface area contributed by atoms with E-state index in [0.29, 0.717) is 38.5 Å². The highest BCUT2D eigenvalue weighted by Crippen LogP contribution is 2.76. The predicted octanol–water partition coefficient (Wildman–Crippen LogP) is -1.45. The topological polar surface area (TPSA) is 318 Å². The molecule has 0 aromatic carbocycles. The lowest BCUT2D eigenvalue weighted by atomic mass is 9.34. The van der Waals surface area contributed by atoms with Crippen LogP contribution >= 0.6 is 0 Å². The summed E-state index contributed by atoms with van der Waals surface area (Å²) in [6, 6.07) is 0. The zero-order valence-corrected chi connectivity index (χ0v) is 39.6. The van der Waals surface area contributed by atoms with Crippen molar-refractivity contribution in [1.82, 2.24) is 0 Å². The van der Waals surface area contributed by atoms with E-state index in [1.165, 1.54) is 0 Å². The number of hydrogen-bond donors (Lipinski definition) is 13. The summed E-state index contributed by atoms with van der Waals surface area (Å²) in [5, 5.41) is 142. The number of hydrogen-bond acceptors (Lipinski definition) is 19. The highest BCUT2D eigenvalue weighted by molar-refractivity contribution is 5.22. The van der Waals surface area contributed by atoms with E-state index in [0.717, 1.165) is 0 Å². The molecule has 19 nitrogen and oxygen atoms in total. The Morgan fingerprint density at radius 1 is 0.667 bits per heavy atom. The van der Waals surface area contributed by atoms with Crippen LogP contribution < -0.4 is 0 Å². The van der Waals surface area contributed by atoms with E-state index < -0.39 is 175 Å². The Morgan fingerprint density at radius 2 is 1.27 bits per heavy atom. The van der Waals surface area contributed by atoms with Gasteiger partial charge in [-0.05, 0) is 111 Å². The van der Waals surface area contributed by atoms with E-state index in [-0.39, 0.29) is 12.3 Å². The summed E-state index contributed by atoms with van der Waals surface area (Å²) >= 11 is 0. The molecule has 19 heteroatoms. The molecule has 0 aromatic rings. The lowest BCUT2D eigenvalue weighted by Gasteiger charge is -2.72. The second-order valence-electron chi connectivity index (χ2n) is 23.0. The van der Waals surface area contributed by atoms with Crippen LogP contribution in [0, 0.1) is 45.3 Å². The molecule has 0 amide bonds. The van der Waals surface area contributed by atoms with Crippen molar-refractivity contribution in [3.63, 3.8) is 0 Å². The van der Waals surface area contributed by atoms with Crippen LogP contribution in [0.25, 0.3) is 0 Å². The maximum absolute atomic E-state index is 12.7. The van der Waals surface area contributed by atoms with Crippen LogP contribution in [0.3, 0.4) is 0 Å². The zero-order valence-electron chi connectivity index (χ0n) is 39.6. The standard InChI is InChI=1S/C47H80O19/c1-42(2,60)12-9-13-47(8,66-40-36(59)33(56)31(54)25(18-48)63-40)21-10-15-45(6)29(21)22(50)16-27-44(5)14-11-28(52)43(3,4)38(44)24(17-46(27,45)7)62-41-37(34(57)32(55)26(19-49)64-41)65-39-35(58)30(53)23(51)20-61-39/h9,12,21-41,48-60H,10-11,13-20H2,1-8H3/b12-9+. The van der Waals surface area contributed by atoms with Crippen molar-refractivity contribution < 1.29 is 94.8 Å². The number of fused-ring (bicyclic) bond motifs is 5. The van der Waals surface area contributed by atoms with E-state index in [1.807, 2.05) is 20.8 Å². The molecule has 7 fully saturated rings. The first kappa shape index (κ1) is 52.8. The van der Waals surface area contributed by atoms with Crippen LogP contribution in [-0.4, -0.2) is 202 Å². The van der Waals surface area contributed by atoms with Gasteiger partial charge in [-0.3, -0.25) is 0 Å². The Morgan fingerprint density at radius 3 is 1.89 bits per heavy atom. The minimum Gasteiger partial charge on any atom is -0.394 e. The molecule has 7 aliphatic rings. The molecule has 3 saturated heterocycles. The van der Waals surface area contributed by atoms with E-state index in [1.54, 1.807) is 26.0 Å². The van der Waals surface area contributed by atoms with Gasteiger partial charge in [0.25, 0.3) is 0 Å². The molecule has 0 spiro atoms. The molecule has 7 rings (SSSR count). The van der Waals surface area contributed by atoms with E-state index >= 15 is 0 Å². The van der Waals surface area contributed by atoms with E-state index in [2.05, 4.69) is 20.8 Å². The van der Waals surface area contributed by atoms with E-state index in [4.69, 9.17) is 28.4 Å². The maximum Gasteiger partial charge on any atom is 0.187 e. The van der Waals surface area contributed by atoms with Crippen molar-refractivity contribution in [3.05, 3.63) is 12.2 Å². The van der Waals surface area contributed by atoms with Gasteiger partial charge in [0, 0.05) is 0 Å². The first-order valence-corrected chi connectivity index (χ1v) is 23.9. The fourth-order valence-electron chi connectivity index (χ4n) is 14.5. The molecular weight excluding hydrogens is 868 g/mol. The van der Waals surface area contributed by atoms with Gasteiger partial charge >= 0.3 is 0 Å². The third-order valence-electron chi connectivity index (χ3n) is 18.2. The smallest absolute Gasteiger partial charge is 0.187 e. The zero-order chi connectivity index (χ0) is 48.9. The number of aliphatic hydroxyl groups is 13. The third kappa shape index (κ3) is 8.89. The fraction of sp³-hybridized carbons (Fsp3) is 0.957. The molecule has 13 N–H and O–H groups in total. The Bertz CT molecular complexity index is 1700. The monoisotopic (exact) mass is 949 g/mol. The second kappa shape index (κ2) is 18.9. The molecule has 3 heterocycles. The highest BCUT2D eigenvalue weighted by Gasteiger charge is 2.74. The number of rotatable bonds is 12. The molecule has 4 aliphatic carbocycles. The van der Waals surface area contributed by atoms with Gasteiger partial charge in [-0.25, -0.2) is 0 Å². The summed E-state index contributed by atoms with van der Waals surface area (Å²) in [5.74, 6) is -1.38. The fourth-order valence-corrected chi connectivity index (χ4v) is 14.5. The van der Waals surface area contributed by atoms with Crippen LogP contribution in [0.4, 0.5) is 0 Å². The molecule has 4 saturated carbocycles. The van der Waals surface area contributed by atoms with Gasteiger partial charge < -0.3 is 94.8 Å². The lowest BCUT2D eigenvalue weighted by Crippen LogP contribution is -2.71. The van der Waals surface area contributed by atoms with Crippen LogP contribution in [0.5, 0.6) is 0 Å². The summed E-state index contributed by atoms with van der Waals surface area (Å²) in [4.78, 5) is 0. The van der Waals surface area contributed by atoms with Gasteiger partial charge in [0.2, 0.25) is 0 Å². The van der Waals surface area contributed by atoms with Crippen molar-refractivity contribution in [2.24, 2.45) is 45.3 Å². The first-order valence-electron chi connectivity index (χ1n) is 23.9. The van der Waals surface area contributed by atoms with Gasteiger partial charge in [-0.2, -0.15) is 0 Å². The molecular formula is C47H80O19. The molecule has 382 valence electrons.